The minimum Gasteiger partial charge on any atom is -0.314 e. The van der Waals surface area contributed by atoms with Crippen molar-refractivity contribution in [3.63, 3.8) is 0 Å². The Bertz CT molecular complexity index is 201. The van der Waals surface area contributed by atoms with Gasteiger partial charge in [-0.3, -0.25) is 0 Å². The SMILES string of the molecule is CC1CN(C)C(C)CC1NCCC1CC1. The largest absolute Gasteiger partial charge is 0.314 e. The average molecular weight is 210 g/mol. The molecular weight excluding hydrogens is 184 g/mol. The molecule has 1 N–H and O–H groups in total. The van der Waals surface area contributed by atoms with E-state index in [4.69, 9.17) is 0 Å². The van der Waals surface area contributed by atoms with Crippen molar-refractivity contribution in [2.45, 2.75) is 51.6 Å². The molecular formula is C13H26N2. The monoisotopic (exact) mass is 210 g/mol. The summed E-state index contributed by atoms with van der Waals surface area (Å²) in [6, 6.07) is 1.51. The first-order chi connectivity index (χ1) is 7.16. The van der Waals surface area contributed by atoms with Gasteiger partial charge in [0.15, 0.2) is 0 Å². The molecule has 1 aliphatic heterocycles. The normalized spacial score (nSPS) is 38.2. The van der Waals surface area contributed by atoms with Crippen LogP contribution in [0.5, 0.6) is 0 Å². The summed E-state index contributed by atoms with van der Waals surface area (Å²) in [7, 11) is 2.25. The highest BCUT2D eigenvalue weighted by Gasteiger charge is 2.29. The minimum absolute atomic E-state index is 0.750. The number of hydrogen-bond acceptors (Lipinski definition) is 2. The zero-order valence-electron chi connectivity index (χ0n) is 10.5. The summed E-state index contributed by atoms with van der Waals surface area (Å²) in [5, 5.41) is 3.77. The zero-order valence-corrected chi connectivity index (χ0v) is 10.5. The lowest BCUT2D eigenvalue weighted by Gasteiger charge is -2.40. The van der Waals surface area contributed by atoms with Gasteiger partial charge >= 0.3 is 0 Å². The first kappa shape index (κ1) is 11.4. The van der Waals surface area contributed by atoms with Gasteiger partial charge in [0, 0.05) is 18.6 Å². The van der Waals surface area contributed by atoms with E-state index in [9.17, 15) is 0 Å². The predicted octanol–water partition coefficient (Wildman–Crippen LogP) is 2.10. The summed E-state index contributed by atoms with van der Waals surface area (Å²) in [6.45, 7) is 7.23. The highest BCUT2D eigenvalue weighted by Crippen LogP contribution is 2.32. The summed E-state index contributed by atoms with van der Waals surface area (Å²) in [5.41, 5.74) is 0. The van der Waals surface area contributed by atoms with Gasteiger partial charge in [0.05, 0.1) is 0 Å². The maximum Gasteiger partial charge on any atom is 0.0120 e. The van der Waals surface area contributed by atoms with Crippen LogP contribution in [0.2, 0.25) is 0 Å². The number of rotatable bonds is 4. The molecule has 2 aliphatic rings. The van der Waals surface area contributed by atoms with E-state index >= 15 is 0 Å². The summed E-state index contributed by atoms with van der Waals surface area (Å²) < 4.78 is 0. The zero-order chi connectivity index (χ0) is 10.8. The molecule has 0 bridgehead atoms. The van der Waals surface area contributed by atoms with E-state index in [1.807, 2.05) is 0 Å². The van der Waals surface area contributed by atoms with E-state index in [1.165, 1.54) is 38.8 Å². The lowest BCUT2D eigenvalue weighted by molar-refractivity contribution is 0.121. The van der Waals surface area contributed by atoms with Crippen molar-refractivity contribution in [2.24, 2.45) is 11.8 Å². The van der Waals surface area contributed by atoms with Gasteiger partial charge in [0.25, 0.3) is 0 Å². The Morgan fingerprint density at radius 3 is 2.67 bits per heavy atom. The fraction of sp³-hybridized carbons (Fsp3) is 1.00. The number of piperidine rings is 1. The molecule has 2 fully saturated rings. The Hall–Kier alpha value is -0.0800. The van der Waals surface area contributed by atoms with Gasteiger partial charge in [-0.25, -0.2) is 0 Å². The molecule has 88 valence electrons. The molecule has 2 nitrogen and oxygen atoms in total. The third-order valence-electron chi connectivity index (χ3n) is 4.27. The molecule has 15 heavy (non-hydrogen) atoms. The van der Waals surface area contributed by atoms with Crippen molar-refractivity contribution < 1.29 is 0 Å². The van der Waals surface area contributed by atoms with Gasteiger partial charge in [-0.2, -0.15) is 0 Å². The second kappa shape index (κ2) is 4.84. The van der Waals surface area contributed by atoms with Crippen molar-refractivity contribution in [2.75, 3.05) is 20.1 Å². The summed E-state index contributed by atoms with van der Waals surface area (Å²) in [4.78, 5) is 2.49. The van der Waals surface area contributed by atoms with Crippen LogP contribution in [-0.2, 0) is 0 Å². The van der Waals surface area contributed by atoms with Crippen LogP contribution >= 0.6 is 0 Å². The summed E-state index contributed by atoms with van der Waals surface area (Å²) >= 11 is 0. The molecule has 0 spiro atoms. The molecule has 3 unspecified atom stereocenters. The quantitative estimate of drug-likeness (QED) is 0.764. The maximum atomic E-state index is 3.77. The lowest BCUT2D eigenvalue weighted by Crippen LogP contribution is -2.51. The van der Waals surface area contributed by atoms with E-state index in [2.05, 4.69) is 31.1 Å². The fourth-order valence-electron chi connectivity index (χ4n) is 2.71. The molecule has 1 heterocycles. The Morgan fingerprint density at radius 2 is 2.00 bits per heavy atom. The van der Waals surface area contributed by atoms with Crippen LogP contribution in [0.25, 0.3) is 0 Å². The number of nitrogens with zero attached hydrogens (tertiary/aromatic N) is 1. The van der Waals surface area contributed by atoms with Crippen LogP contribution in [-0.4, -0.2) is 37.1 Å². The van der Waals surface area contributed by atoms with E-state index in [-0.39, 0.29) is 0 Å². The predicted molar refractivity (Wildman–Crippen MR) is 65.0 cm³/mol. The van der Waals surface area contributed by atoms with Crippen LogP contribution in [0.4, 0.5) is 0 Å². The summed E-state index contributed by atoms with van der Waals surface area (Å²) in [6.07, 6.45) is 5.71. The highest BCUT2D eigenvalue weighted by atomic mass is 15.2. The topological polar surface area (TPSA) is 15.3 Å². The van der Waals surface area contributed by atoms with Crippen LogP contribution in [0.1, 0.15) is 39.5 Å². The Labute approximate surface area is 94.4 Å². The molecule has 3 atom stereocenters. The van der Waals surface area contributed by atoms with Crippen molar-refractivity contribution in [3.8, 4) is 0 Å². The number of nitrogens with one attached hydrogen (secondary N) is 1. The average Bonchev–Trinajstić information content (AvgIpc) is 2.97. The van der Waals surface area contributed by atoms with Crippen LogP contribution in [0.15, 0.2) is 0 Å². The van der Waals surface area contributed by atoms with Crippen LogP contribution in [0, 0.1) is 11.8 Å². The number of likely N-dealkylation sites (tertiary alicyclic amines) is 1. The standard InChI is InChI=1S/C13H26N2/c1-10-9-15(3)11(2)8-13(10)14-7-6-12-4-5-12/h10-14H,4-9H2,1-3H3. The molecule has 0 radical (unpaired) electrons. The van der Waals surface area contributed by atoms with Gasteiger partial charge in [-0.15, -0.1) is 0 Å². The van der Waals surface area contributed by atoms with Crippen LogP contribution in [0.3, 0.4) is 0 Å². The Balaban J connectivity index is 1.70. The van der Waals surface area contributed by atoms with Crippen molar-refractivity contribution in [3.05, 3.63) is 0 Å². The minimum atomic E-state index is 0.750. The fourth-order valence-corrected chi connectivity index (χ4v) is 2.71. The Kier molecular flexibility index (Phi) is 3.68. The molecule has 0 amide bonds. The summed E-state index contributed by atoms with van der Waals surface area (Å²) in [5.74, 6) is 1.88. The molecule has 1 saturated carbocycles. The van der Waals surface area contributed by atoms with Crippen molar-refractivity contribution in [1.29, 1.82) is 0 Å². The number of hydrogen-bond donors (Lipinski definition) is 1. The molecule has 2 heteroatoms. The van der Waals surface area contributed by atoms with Crippen molar-refractivity contribution >= 4 is 0 Å². The smallest absolute Gasteiger partial charge is 0.0120 e. The molecule has 2 rings (SSSR count). The van der Waals surface area contributed by atoms with E-state index in [0.29, 0.717) is 0 Å². The maximum absolute atomic E-state index is 3.77. The Morgan fingerprint density at radius 1 is 1.27 bits per heavy atom. The second-order valence-corrected chi connectivity index (χ2v) is 5.79. The second-order valence-electron chi connectivity index (χ2n) is 5.79. The first-order valence-electron chi connectivity index (χ1n) is 6.60. The first-order valence-corrected chi connectivity index (χ1v) is 6.60. The van der Waals surface area contributed by atoms with E-state index < -0.39 is 0 Å². The van der Waals surface area contributed by atoms with E-state index in [0.717, 1.165) is 23.9 Å². The lowest BCUT2D eigenvalue weighted by atomic mass is 9.90. The van der Waals surface area contributed by atoms with Gasteiger partial charge in [0.2, 0.25) is 0 Å². The van der Waals surface area contributed by atoms with E-state index in [1.54, 1.807) is 0 Å². The van der Waals surface area contributed by atoms with Gasteiger partial charge in [-0.05, 0) is 45.2 Å². The third kappa shape index (κ3) is 3.18. The van der Waals surface area contributed by atoms with Gasteiger partial charge < -0.3 is 10.2 Å². The third-order valence-corrected chi connectivity index (χ3v) is 4.27. The van der Waals surface area contributed by atoms with Gasteiger partial charge in [0.1, 0.15) is 0 Å². The van der Waals surface area contributed by atoms with Crippen LogP contribution < -0.4 is 5.32 Å². The molecule has 0 aromatic rings. The molecule has 0 aromatic carbocycles. The van der Waals surface area contributed by atoms with Crippen molar-refractivity contribution in [1.82, 2.24) is 10.2 Å². The van der Waals surface area contributed by atoms with Gasteiger partial charge in [-0.1, -0.05) is 19.8 Å². The molecule has 1 saturated heterocycles. The molecule has 0 aromatic heterocycles. The highest BCUT2D eigenvalue weighted by molar-refractivity contribution is 4.86. The molecule has 1 aliphatic carbocycles.